The quantitative estimate of drug-likeness (QED) is 0.499. The minimum absolute atomic E-state index is 0.0864. The van der Waals surface area contributed by atoms with E-state index in [-0.39, 0.29) is 6.04 Å². The summed E-state index contributed by atoms with van der Waals surface area (Å²) in [4.78, 5) is 21.0. The third kappa shape index (κ3) is 4.66. The van der Waals surface area contributed by atoms with E-state index in [0.29, 0.717) is 18.5 Å². The van der Waals surface area contributed by atoms with Crippen molar-refractivity contribution in [3.05, 3.63) is 58.7 Å². The molecule has 0 bridgehead atoms. The fourth-order valence-electron chi connectivity index (χ4n) is 5.56. The maximum absolute atomic E-state index is 11.5. The zero-order valence-corrected chi connectivity index (χ0v) is 20.5. The summed E-state index contributed by atoms with van der Waals surface area (Å²) in [5, 5.41) is 19.7. The average Bonchev–Trinajstić information content (AvgIpc) is 3.29. The Labute approximate surface area is 205 Å². The number of hydrogen-bond donors (Lipinski definition) is 2. The molecule has 186 valence electrons. The highest BCUT2D eigenvalue weighted by molar-refractivity contribution is 5.87. The largest absolute Gasteiger partial charge is 0.478 e. The van der Waals surface area contributed by atoms with Gasteiger partial charge in [-0.05, 0) is 73.9 Å². The van der Waals surface area contributed by atoms with Crippen LogP contribution in [0.1, 0.15) is 59.3 Å². The van der Waals surface area contributed by atoms with Crippen molar-refractivity contribution in [3.63, 3.8) is 0 Å². The summed E-state index contributed by atoms with van der Waals surface area (Å²) in [6.07, 6.45) is 4.18. The molecule has 0 amide bonds. The van der Waals surface area contributed by atoms with Crippen LogP contribution in [0.5, 0.6) is 0 Å². The minimum Gasteiger partial charge on any atom is -0.478 e. The van der Waals surface area contributed by atoms with Crippen molar-refractivity contribution in [1.82, 2.24) is 14.5 Å². The molecular formula is C27H34N4O4. The van der Waals surface area contributed by atoms with E-state index in [2.05, 4.69) is 28.5 Å². The van der Waals surface area contributed by atoms with Gasteiger partial charge in [0.05, 0.1) is 16.6 Å². The Morgan fingerprint density at radius 1 is 1.14 bits per heavy atom. The lowest BCUT2D eigenvalue weighted by molar-refractivity contribution is -0.181. The molecule has 2 atom stereocenters. The summed E-state index contributed by atoms with van der Waals surface area (Å²) >= 11 is 0. The molecule has 2 aliphatic heterocycles. The highest BCUT2D eigenvalue weighted by atomic mass is 16.6. The van der Waals surface area contributed by atoms with Gasteiger partial charge in [-0.15, -0.1) is 0 Å². The van der Waals surface area contributed by atoms with Crippen LogP contribution in [-0.4, -0.2) is 63.8 Å². The number of aliphatic hydroxyl groups excluding tert-OH is 1. The zero-order valence-electron chi connectivity index (χ0n) is 20.5. The summed E-state index contributed by atoms with van der Waals surface area (Å²) in [6.45, 7) is 5.49. The van der Waals surface area contributed by atoms with Gasteiger partial charge in [0, 0.05) is 39.3 Å². The van der Waals surface area contributed by atoms with Crippen molar-refractivity contribution < 1.29 is 19.7 Å². The molecule has 35 heavy (non-hydrogen) atoms. The number of rotatable bonds is 7. The number of piperidine rings is 1. The van der Waals surface area contributed by atoms with E-state index >= 15 is 0 Å². The second-order valence-corrected chi connectivity index (χ2v) is 9.74. The third-order valence-corrected chi connectivity index (χ3v) is 7.38. The maximum atomic E-state index is 11.5. The summed E-state index contributed by atoms with van der Waals surface area (Å²) in [5.74, 6) is 0.0791. The summed E-state index contributed by atoms with van der Waals surface area (Å²) in [7, 11) is 1.52. The molecule has 0 aliphatic carbocycles. The van der Waals surface area contributed by atoms with Gasteiger partial charge in [-0.1, -0.05) is 18.2 Å². The number of methoxy groups -OCH3 is 1. The molecule has 1 aromatic heterocycles. The van der Waals surface area contributed by atoms with Gasteiger partial charge >= 0.3 is 5.97 Å². The second-order valence-electron chi connectivity index (χ2n) is 9.74. The monoisotopic (exact) mass is 478 g/mol. The standard InChI is InChI=1S/C27H34N4O4/c1-18(15-19-7-6-8-21(16-19)25(32)33)31-23-10-9-20-11-14-30(27(34)35-2)17-22(20)24(23)28-26(31)29-12-4-3-5-13-29/h6-10,16,18,27,34H,3-5,11-15,17H2,1-2H3,(H,32,33)/t18-,27?/m0/s1. The van der Waals surface area contributed by atoms with E-state index in [4.69, 9.17) is 9.72 Å². The number of aromatic nitrogens is 2. The number of ether oxygens (including phenoxy) is 1. The number of benzene rings is 2. The first-order chi connectivity index (χ1) is 17.0. The van der Waals surface area contributed by atoms with Crippen LogP contribution in [0.3, 0.4) is 0 Å². The predicted molar refractivity (Wildman–Crippen MR) is 135 cm³/mol. The SMILES string of the molecule is COC(O)N1CCc2ccc3c(nc(N4CCCCC4)n3[C@@H](C)Cc3cccc(C(=O)O)c3)c2C1. The Morgan fingerprint density at radius 3 is 2.69 bits per heavy atom. The molecule has 0 spiro atoms. The van der Waals surface area contributed by atoms with Crippen LogP contribution in [0.15, 0.2) is 36.4 Å². The molecule has 2 aromatic carbocycles. The number of imidazole rings is 1. The number of hydrogen-bond acceptors (Lipinski definition) is 6. The molecule has 1 saturated heterocycles. The molecule has 1 unspecified atom stereocenters. The van der Waals surface area contributed by atoms with Crippen molar-refractivity contribution in [2.24, 2.45) is 0 Å². The number of fused-ring (bicyclic) bond motifs is 3. The highest BCUT2D eigenvalue weighted by Crippen LogP contribution is 2.35. The number of nitrogens with zero attached hydrogens (tertiary/aromatic N) is 4. The Bertz CT molecular complexity index is 1220. The number of anilines is 1. The van der Waals surface area contributed by atoms with Crippen LogP contribution < -0.4 is 4.90 Å². The summed E-state index contributed by atoms with van der Waals surface area (Å²) < 4.78 is 7.51. The number of carboxylic acid groups (broad SMARTS) is 1. The van der Waals surface area contributed by atoms with Gasteiger partial charge in [0.15, 0.2) is 0 Å². The van der Waals surface area contributed by atoms with Gasteiger partial charge in [0.25, 0.3) is 0 Å². The number of aliphatic hydroxyl groups is 1. The first kappa shape index (κ1) is 23.8. The van der Waals surface area contributed by atoms with Gasteiger partial charge < -0.3 is 24.4 Å². The topological polar surface area (TPSA) is 91.1 Å². The fraction of sp³-hybridized carbons (Fsp3) is 0.481. The van der Waals surface area contributed by atoms with E-state index < -0.39 is 12.4 Å². The Balaban J connectivity index is 1.57. The van der Waals surface area contributed by atoms with Gasteiger partial charge in [-0.2, -0.15) is 0 Å². The van der Waals surface area contributed by atoms with Crippen LogP contribution >= 0.6 is 0 Å². The van der Waals surface area contributed by atoms with Gasteiger partial charge in [-0.25, -0.2) is 9.78 Å². The number of carbonyl (C=O) groups is 1. The summed E-state index contributed by atoms with van der Waals surface area (Å²) in [5.41, 5.74) is 5.81. The van der Waals surface area contributed by atoms with E-state index in [1.54, 1.807) is 12.1 Å². The molecule has 0 saturated carbocycles. The average molecular weight is 479 g/mol. The van der Waals surface area contributed by atoms with Crippen LogP contribution in [0.2, 0.25) is 0 Å². The first-order valence-corrected chi connectivity index (χ1v) is 12.5. The van der Waals surface area contributed by atoms with E-state index in [0.717, 1.165) is 67.0 Å². The molecule has 3 heterocycles. The van der Waals surface area contributed by atoms with E-state index in [1.807, 2.05) is 17.0 Å². The Hall–Kier alpha value is -2.94. The van der Waals surface area contributed by atoms with Crippen LogP contribution in [0.4, 0.5) is 5.95 Å². The van der Waals surface area contributed by atoms with Crippen molar-refractivity contribution in [2.75, 3.05) is 31.6 Å². The molecule has 5 rings (SSSR count). The highest BCUT2D eigenvalue weighted by Gasteiger charge is 2.28. The fourth-order valence-corrected chi connectivity index (χ4v) is 5.56. The van der Waals surface area contributed by atoms with Crippen LogP contribution in [0.25, 0.3) is 11.0 Å². The number of carboxylic acids is 1. The van der Waals surface area contributed by atoms with Crippen LogP contribution in [0, 0.1) is 0 Å². The summed E-state index contributed by atoms with van der Waals surface area (Å²) in [6, 6.07) is 11.7. The normalized spacial score (nSPS) is 18.4. The number of aromatic carboxylic acids is 1. The minimum atomic E-state index is -0.928. The predicted octanol–water partition coefficient (Wildman–Crippen LogP) is 3.81. The first-order valence-electron chi connectivity index (χ1n) is 12.5. The van der Waals surface area contributed by atoms with Gasteiger partial charge in [0.2, 0.25) is 12.4 Å². The molecule has 8 nitrogen and oxygen atoms in total. The lowest BCUT2D eigenvalue weighted by Crippen LogP contribution is -2.40. The molecule has 0 radical (unpaired) electrons. The molecule has 1 fully saturated rings. The van der Waals surface area contributed by atoms with Gasteiger partial charge in [-0.3, -0.25) is 4.90 Å². The zero-order chi connectivity index (χ0) is 24.5. The smallest absolute Gasteiger partial charge is 0.335 e. The molecular weight excluding hydrogens is 444 g/mol. The van der Waals surface area contributed by atoms with E-state index in [1.165, 1.54) is 19.1 Å². The Kier molecular flexibility index (Phi) is 6.77. The Morgan fingerprint density at radius 2 is 1.94 bits per heavy atom. The third-order valence-electron chi connectivity index (χ3n) is 7.38. The lowest BCUT2D eigenvalue weighted by Gasteiger charge is -2.31. The molecule has 2 N–H and O–H groups in total. The van der Waals surface area contributed by atoms with Crippen molar-refractivity contribution in [1.29, 1.82) is 0 Å². The van der Waals surface area contributed by atoms with Crippen molar-refractivity contribution in [2.45, 2.75) is 58.0 Å². The lowest BCUT2D eigenvalue weighted by atomic mass is 9.98. The van der Waals surface area contributed by atoms with Crippen molar-refractivity contribution >= 4 is 23.0 Å². The van der Waals surface area contributed by atoms with E-state index in [9.17, 15) is 15.0 Å². The van der Waals surface area contributed by atoms with Crippen LogP contribution in [-0.2, 0) is 24.1 Å². The molecule has 3 aromatic rings. The molecule has 2 aliphatic rings. The maximum Gasteiger partial charge on any atom is 0.335 e. The van der Waals surface area contributed by atoms with Crippen molar-refractivity contribution in [3.8, 4) is 0 Å². The molecule has 8 heteroatoms. The second kappa shape index (κ2) is 9.97. The van der Waals surface area contributed by atoms with Gasteiger partial charge in [0.1, 0.15) is 0 Å².